The molecule has 1 aliphatic heterocycles. The number of primary amides is 3. The Morgan fingerprint density at radius 1 is 0.709 bits per heavy atom. The van der Waals surface area contributed by atoms with Crippen molar-refractivity contribution in [2.24, 2.45) is 28.9 Å². The van der Waals surface area contributed by atoms with E-state index >= 15 is 0 Å². The van der Waals surface area contributed by atoms with E-state index in [0.29, 0.717) is 6.42 Å². The van der Waals surface area contributed by atoms with Crippen LogP contribution in [0.15, 0.2) is 0 Å². The zero-order chi connectivity index (χ0) is 42.2. The standard InChI is InChI=1S/C31H51N11O13/c1-4-13(2)24(35)29(52)40-17(10-21(34)46)30(53)42-7-5-6-18(42)28(51)39-16(9-20(33)45)27(50)38-15(8-19(32)44)26(49)37-11-22(47)36-12-23(48)41-25(14(3)43)31(54)55/h13-18,24-25,43H,4-12,35H2,1-3H3,(H2,32,44)(H2,33,45)(H2,34,46)(H,36,47)(H,37,49)(H,38,50)(H,39,51)(H,40,52)(H,41,48)(H,54,55)/t13-,14+,15-,16-,17-,18-,24-,25-/m0/s1. The number of nitrogens with zero attached hydrogens (tertiary/aromatic N) is 1. The molecule has 0 spiro atoms. The Kier molecular flexibility index (Phi) is 19.1. The molecule has 1 aliphatic rings. The van der Waals surface area contributed by atoms with Crippen LogP contribution in [-0.2, 0) is 52.7 Å². The molecule has 8 atom stereocenters. The number of likely N-dealkylation sites (tertiary alicyclic amines) is 1. The summed E-state index contributed by atoms with van der Waals surface area (Å²) in [5.74, 6) is -11.7. The first-order valence-electron chi connectivity index (χ1n) is 17.2. The Bertz CT molecular complexity index is 1490. The maximum atomic E-state index is 13.6. The number of nitrogens with one attached hydrogen (secondary N) is 6. The van der Waals surface area contributed by atoms with Gasteiger partial charge in [-0.3, -0.25) is 47.9 Å². The molecule has 10 amide bonds. The number of rotatable bonds is 23. The number of aliphatic carboxylic acids is 1. The van der Waals surface area contributed by atoms with Crippen molar-refractivity contribution in [3.8, 4) is 0 Å². The summed E-state index contributed by atoms with van der Waals surface area (Å²) in [4.78, 5) is 138. The number of aliphatic hydroxyl groups excluding tert-OH is 1. The number of aliphatic hydroxyl groups is 1. The zero-order valence-corrected chi connectivity index (χ0v) is 30.6. The highest BCUT2D eigenvalue weighted by molar-refractivity contribution is 5.99. The first-order chi connectivity index (χ1) is 25.6. The molecule has 0 saturated carbocycles. The molecular formula is C31H51N11O13. The SMILES string of the molecule is CC[C@H](C)[C@H](N)C(=O)N[C@@H](CC(N)=O)C(=O)N1CCC[C@H]1C(=O)N[C@@H](CC(N)=O)C(=O)N[C@@H](CC(N)=O)C(=O)NCC(=O)NCC(=O)N[C@H](C(=O)O)[C@@H](C)O. The van der Waals surface area contributed by atoms with Crippen LogP contribution in [0.1, 0.15) is 59.3 Å². The summed E-state index contributed by atoms with van der Waals surface area (Å²) in [5, 5.41) is 31.5. The third-order valence-electron chi connectivity index (χ3n) is 8.43. The molecule has 55 heavy (non-hydrogen) atoms. The molecule has 0 unspecified atom stereocenters. The largest absolute Gasteiger partial charge is 0.480 e. The van der Waals surface area contributed by atoms with Crippen molar-refractivity contribution in [3.63, 3.8) is 0 Å². The Balaban J connectivity index is 3.04. The van der Waals surface area contributed by atoms with Crippen molar-refractivity contribution in [1.29, 1.82) is 0 Å². The molecule has 1 rings (SSSR count). The minimum Gasteiger partial charge on any atom is -0.480 e. The summed E-state index contributed by atoms with van der Waals surface area (Å²) in [7, 11) is 0. The van der Waals surface area contributed by atoms with Crippen LogP contribution >= 0.6 is 0 Å². The highest BCUT2D eigenvalue weighted by Crippen LogP contribution is 2.20. The average molecular weight is 786 g/mol. The lowest BCUT2D eigenvalue weighted by atomic mass is 9.98. The van der Waals surface area contributed by atoms with Crippen LogP contribution in [0.5, 0.6) is 0 Å². The number of carboxylic acid groups (broad SMARTS) is 1. The summed E-state index contributed by atoms with van der Waals surface area (Å²) >= 11 is 0. The quantitative estimate of drug-likeness (QED) is 0.0458. The van der Waals surface area contributed by atoms with Gasteiger partial charge in [0.1, 0.15) is 24.2 Å². The van der Waals surface area contributed by atoms with Gasteiger partial charge in [0, 0.05) is 6.54 Å². The van der Waals surface area contributed by atoms with Crippen molar-refractivity contribution < 1.29 is 63.0 Å². The summed E-state index contributed by atoms with van der Waals surface area (Å²) in [6.07, 6.45) is -2.85. The van der Waals surface area contributed by atoms with Crippen molar-refractivity contribution >= 4 is 65.0 Å². The number of carbonyl (C=O) groups is 11. The van der Waals surface area contributed by atoms with Gasteiger partial charge in [-0.1, -0.05) is 20.3 Å². The second kappa shape index (κ2) is 22.3. The third-order valence-corrected chi connectivity index (χ3v) is 8.43. The van der Waals surface area contributed by atoms with Crippen molar-refractivity contribution in [2.75, 3.05) is 19.6 Å². The van der Waals surface area contributed by atoms with Crippen LogP contribution in [0.25, 0.3) is 0 Å². The average Bonchev–Trinajstić information content (AvgIpc) is 3.59. The van der Waals surface area contributed by atoms with Gasteiger partial charge in [0.05, 0.1) is 44.5 Å². The maximum absolute atomic E-state index is 13.6. The molecule has 0 aromatic carbocycles. The van der Waals surface area contributed by atoms with E-state index in [1.54, 1.807) is 13.8 Å². The Labute approximate surface area is 314 Å². The lowest BCUT2D eigenvalue weighted by Gasteiger charge is -2.30. The second-order valence-corrected chi connectivity index (χ2v) is 12.9. The monoisotopic (exact) mass is 785 g/mol. The second-order valence-electron chi connectivity index (χ2n) is 12.9. The van der Waals surface area contributed by atoms with Gasteiger partial charge in [-0.25, -0.2) is 4.79 Å². The van der Waals surface area contributed by atoms with E-state index < -0.39 is 140 Å². The van der Waals surface area contributed by atoms with Gasteiger partial charge in [-0.05, 0) is 25.7 Å². The highest BCUT2D eigenvalue weighted by atomic mass is 16.4. The molecule has 16 N–H and O–H groups in total. The molecule has 24 heteroatoms. The minimum absolute atomic E-state index is 0.00399. The number of nitrogens with two attached hydrogens (primary N) is 4. The van der Waals surface area contributed by atoms with Crippen molar-refractivity contribution in [2.45, 2.75) is 102 Å². The Hall–Kier alpha value is -5.91. The van der Waals surface area contributed by atoms with Crippen LogP contribution in [0.3, 0.4) is 0 Å². The van der Waals surface area contributed by atoms with E-state index in [0.717, 1.165) is 11.8 Å². The smallest absolute Gasteiger partial charge is 0.328 e. The molecule has 0 radical (unpaired) electrons. The molecule has 1 heterocycles. The minimum atomic E-state index is -1.77. The summed E-state index contributed by atoms with van der Waals surface area (Å²) < 4.78 is 0. The number of amides is 10. The van der Waals surface area contributed by atoms with Crippen molar-refractivity contribution in [1.82, 2.24) is 36.8 Å². The van der Waals surface area contributed by atoms with E-state index in [1.807, 2.05) is 5.32 Å². The van der Waals surface area contributed by atoms with Gasteiger partial charge in [-0.2, -0.15) is 0 Å². The summed E-state index contributed by atoms with van der Waals surface area (Å²) in [6.45, 7) is 3.06. The van der Waals surface area contributed by atoms with Crippen molar-refractivity contribution in [3.05, 3.63) is 0 Å². The Morgan fingerprint density at radius 2 is 1.22 bits per heavy atom. The highest BCUT2D eigenvalue weighted by Gasteiger charge is 2.40. The molecule has 308 valence electrons. The molecular weight excluding hydrogens is 734 g/mol. The van der Waals surface area contributed by atoms with Crippen LogP contribution in [-0.4, -0.2) is 142 Å². The van der Waals surface area contributed by atoms with Gasteiger partial charge in [-0.15, -0.1) is 0 Å². The molecule has 1 saturated heterocycles. The lowest BCUT2D eigenvalue weighted by Crippen LogP contribution is -2.59. The van der Waals surface area contributed by atoms with E-state index in [-0.39, 0.29) is 25.3 Å². The first kappa shape index (κ1) is 47.1. The molecule has 0 bridgehead atoms. The van der Waals surface area contributed by atoms with Crippen LogP contribution in [0, 0.1) is 5.92 Å². The van der Waals surface area contributed by atoms with Gasteiger partial charge in [0.25, 0.3) is 0 Å². The predicted molar refractivity (Wildman–Crippen MR) is 187 cm³/mol. The normalized spacial score (nSPS) is 17.4. The third kappa shape index (κ3) is 15.9. The fraction of sp³-hybridized carbons (Fsp3) is 0.645. The van der Waals surface area contributed by atoms with E-state index in [1.165, 1.54) is 0 Å². The van der Waals surface area contributed by atoms with Gasteiger partial charge in [0.2, 0.25) is 59.1 Å². The predicted octanol–water partition coefficient (Wildman–Crippen LogP) is -7.39. The summed E-state index contributed by atoms with van der Waals surface area (Å²) in [6, 6.07) is -8.96. The Morgan fingerprint density at radius 3 is 1.73 bits per heavy atom. The fourth-order valence-corrected chi connectivity index (χ4v) is 5.19. The molecule has 1 fully saturated rings. The number of hydrogen-bond acceptors (Lipinski definition) is 13. The van der Waals surface area contributed by atoms with Gasteiger partial charge in [0.15, 0.2) is 6.04 Å². The number of hydrogen-bond donors (Lipinski definition) is 12. The fourth-order valence-electron chi connectivity index (χ4n) is 5.19. The zero-order valence-electron chi connectivity index (χ0n) is 30.6. The van der Waals surface area contributed by atoms with Crippen LogP contribution in [0.4, 0.5) is 0 Å². The number of carbonyl (C=O) groups excluding carboxylic acids is 10. The number of carboxylic acids is 1. The lowest BCUT2D eigenvalue weighted by molar-refractivity contribution is -0.144. The first-order valence-corrected chi connectivity index (χ1v) is 17.2. The van der Waals surface area contributed by atoms with Gasteiger partial charge >= 0.3 is 5.97 Å². The van der Waals surface area contributed by atoms with E-state index in [9.17, 15) is 57.8 Å². The van der Waals surface area contributed by atoms with E-state index in [2.05, 4.69) is 26.6 Å². The molecule has 0 aromatic heterocycles. The van der Waals surface area contributed by atoms with Crippen LogP contribution < -0.4 is 54.8 Å². The van der Waals surface area contributed by atoms with Crippen LogP contribution in [0.2, 0.25) is 0 Å². The summed E-state index contributed by atoms with van der Waals surface area (Å²) in [5.41, 5.74) is 21.8. The molecule has 0 aromatic rings. The van der Waals surface area contributed by atoms with E-state index in [4.69, 9.17) is 28.0 Å². The maximum Gasteiger partial charge on any atom is 0.328 e. The molecule has 0 aliphatic carbocycles. The van der Waals surface area contributed by atoms with Gasteiger partial charge < -0.3 is 69.9 Å². The molecule has 24 nitrogen and oxygen atoms in total. The topological polar surface area (TPSA) is 408 Å².